The minimum Gasteiger partial charge on any atom is -0.381 e. The van der Waals surface area contributed by atoms with Gasteiger partial charge in [-0.25, -0.2) is 0 Å². The third-order valence-corrected chi connectivity index (χ3v) is 6.94. The summed E-state index contributed by atoms with van der Waals surface area (Å²) in [6, 6.07) is 20.7. The third kappa shape index (κ3) is 6.08. The SMILES string of the molecule is O=C(CCSc1ccccc1)NCC1(Sc2ccccc2)CCOCC1. The van der Waals surface area contributed by atoms with E-state index in [0.29, 0.717) is 13.0 Å². The Morgan fingerprint density at radius 3 is 2.23 bits per heavy atom. The van der Waals surface area contributed by atoms with E-state index < -0.39 is 0 Å². The lowest BCUT2D eigenvalue weighted by Crippen LogP contribution is -2.44. The van der Waals surface area contributed by atoms with Gasteiger partial charge >= 0.3 is 0 Å². The number of nitrogens with one attached hydrogen (secondary N) is 1. The van der Waals surface area contributed by atoms with Crippen LogP contribution in [-0.4, -0.2) is 36.2 Å². The van der Waals surface area contributed by atoms with Gasteiger partial charge in [-0.15, -0.1) is 23.5 Å². The highest BCUT2D eigenvalue weighted by Gasteiger charge is 2.34. The van der Waals surface area contributed by atoms with E-state index in [0.717, 1.165) is 31.8 Å². The van der Waals surface area contributed by atoms with Crippen molar-refractivity contribution in [2.75, 3.05) is 25.5 Å². The first-order valence-electron chi connectivity index (χ1n) is 9.02. The van der Waals surface area contributed by atoms with Crippen LogP contribution in [0.25, 0.3) is 0 Å². The molecule has 26 heavy (non-hydrogen) atoms. The molecular weight excluding hydrogens is 362 g/mol. The predicted octanol–water partition coefficient (Wildman–Crippen LogP) is 4.63. The molecule has 1 aliphatic rings. The molecule has 0 spiro atoms. The first kappa shape index (κ1) is 19.3. The van der Waals surface area contributed by atoms with Gasteiger partial charge in [-0.1, -0.05) is 36.4 Å². The molecule has 3 rings (SSSR count). The Labute approximate surface area is 164 Å². The summed E-state index contributed by atoms with van der Waals surface area (Å²) >= 11 is 3.60. The molecule has 0 bridgehead atoms. The summed E-state index contributed by atoms with van der Waals surface area (Å²) in [6.07, 6.45) is 2.47. The molecule has 1 fully saturated rings. The smallest absolute Gasteiger partial charge is 0.220 e. The van der Waals surface area contributed by atoms with Crippen LogP contribution in [0.1, 0.15) is 19.3 Å². The number of benzene rings is 2. The number of hydrogen-bond acceptors (Lipinski definition) is 4. The van der Waals surface area contributed by atoms with Gasteiger partial charge in [-0.3, -0.25) is 4.79 Å². The summed E-state index contributed by atoms with van der Waals surface area (Å²) < 4.78 is 5.58. The van der Waals surface area contributed by atoms with Crippen molar-refractivity contribution in [1.29, 1.82) is 0 Å². The van der Waals surface area contributed by atoms with E-state index in [-0.39, 0.29) is 10.7 Å². The molecule has 1 N–H and O–H groups in total. The van der Waals surface area contributed by atoms with Crippen LogP contribution >= 0.6 is 23.5 Å². The molecule has 0 radical (unpaired) electrons. The minimum atomic E-state index is 0.0296. The number of hydrogen-bond donors (Lipinski definition) is 1. The molecular formula is C21H25NO2S2. The second-order valence-electron chi connectivity index (χ2n) is 6.40. The van der Waals surface area contributed by atoms with E-state index >= 15 is 0 Å². The van der Waals surface area contributed by atoms with Crippen LogP contribution < -0.4 is 5.32 Å². The third-order valence-electron chi connectivity index (χ3n) is 4.43. The van der Waals surface area contributed by atoms with Crippen LogP contribution in [0.4, 0.5) is 0 Å². The van der Waals surface area contributed by atoms with Gasteiger partial charge in [0.25, 0.3) is 0 Å². The van der Waals surface area contributed by atoms with Gasteiger partial charge in [0.05, 0.1) is 0 Å². The van der Waals surface area contributed by atoms with Gasteiger partial charge in [0, 0.05) is 46.5 Å². The van der Waals surface area contributed by atoms with Crippen LogP contribution in [0, 0.1) is 0 Å². The summed E-state index contributed by atoms with van der Waals surface area (Å²) in [6.45, 7) is 2.23. The first-order valence-corrected chi connectivity index (χ1v) is 10.8. The highest BCUT2D eigenvalue weighted by Crippen LogP contribution is 2.40. The Hall–Kier alpha value is -1.43. The fraction of sp³-hybridized carbons (Fsp3) is 0.381. The summed E-state index contributed by atoms with van der Waals surface area (Å²) in [4.78, 5) is 14.8. The highest BCUT2D eigenvalue weighted by molar-refractivity contribution is 8.00. The van der Waals surface area contributed by atoms with Gasteiger partial charge in [0.15, 0.2) is 0 Å². The van der Waals surface area contributed by atoms with Gasteiger partial charge in [0.2, 0.25) is 5.91 Å². The van der Waals surface area contributed by atoms with E-state index in [1.54, 1.807) is 11.8 Å². The molecule has 1 amide bonds. The van der Waals surface area contributed by atoms with Crippen molar-refractivity contribution < 1.29 is 9.53 Å². The Bertz CT molecular complexity index is 673. The van der Waals surface area contributed by atoms with E-state index in [9.17, 15) is 4.79 Å². The monoisotopic (exact) mass is 387 g/mol. The Balaban J connectivity index is 1.48. The lowest BCUT2D eigenvalue weighted by Gasteiger charge is -2.36. The number of amides is 1. The van der Waals surface area contributed by atoms with Crippen LogP contribution in [0.15, 0.2) is 70.5 Å². The Kier molecular flexibility index (Phi) is 7.47. The molecule has 0 atom stereocenters. The van der Waals surface area contributed by atoms with E-state index in [2.05, 4.69) is 41.7 Å². The summed E-state index contributed by atoms with van der Waals surface area (Å²) in [7, 11) is 0. The lowest BCUT2D eigenvalue weighted by atomic mass is 9.99. The molecule has 5 heteroatoms. The van der Waals surface area contributed by atoms with Gasteiger partial charge in [-0.2, -0.15) is 0 Å². The maximum absolute atomic E-state index is 12.3. The predicted molar refractivity (Wildman–Crippen MR) is 110 cm³/mol. The van der Waals surface area contributed by atoms with Crippen molar-refractivity contribution in [2.45, 2.75) is 33.8 Å². The van der Waals surface area contributed by atoms with Crippen molar-refractivity contribution >= 4 is 29.4 Å². The molecule has 0 saturated carbocycles. The average molecular weight is 388 g/mol. The lowest BCUT2D eigenvalue weighted by molar-refractivity contribution is -0.120. The quantitative estimate of drug-likeness (QED) is 0.671. The van der Waals surface area contributed by atoms with Crippen LogP contribution in [0.2, 0.25) is 0 Å². The van der Waals surface area contributed by atoms with E-state index in [1.807, 2.05) is 36.0 Å². The molecule has 0 aromatic heterocycles. The second-order valence-corrected chi connectivity index (χ2v) is 9.11. The standard InChI is InChI=1S/C21H25NO2S2/c23-20(11-16-25-18-7-3-1-4-8-18)22-17-21(12-14-24-15-13-21)26-19-9-5-2-6-10-19/h1-10H,11-17H2,(H,22,23). The fourth-order valence-electron chi connectivity index (χ4n) is 2.92. The molecule has 0 unspecified atom stereocenters. The van der Waals surface area contributed by atoms with E-state index in [4.69, 9.17) is 4.74 Å². The maximum Gasteiger partial charge on any atom is 0.220 e. The summed E-state index contributed by atoms with van der Waals surface area (Å²) in [5.74, 6) is 0.936. The molecule has 138 valence electrons. The van der Waals surface area contributed by atoms with Crippen molar-refractivity contribution in [3.05, 3.63) is 60.7 Å². The first-order chi connectivity index (χ1) is 12.8. The Morgan fingerprint density at radius 2 is 1.58 bits per heavy atom. The molecule has 1 aliphatic heterocycles. The van der Waals surface area contributed by atoms with Crippen LogP contribution in [-0.2, 0) is 9.53 Å². The van der Waals surface area contributed by atoms with Crippen molar-refractivity contribution in [1.82, 2.24) is 5.32 Å². The van der Waals surface area contributed by atoms with Gasteiger partial charge < -0.3 is 10.1 Å². The molecule has 2 aromatic rings. The topological polar surface area (TPSA) is 38.3 Å². The molecule has 1 saturated heterocycles. The average Bonchev–Trinajstić information content (AvgIpc) is 2.69. The number of ether oxygens (including phenoxy) is 1. The molecule has 1 heterocycles. The minimum absolute atomic E-state index is 0.0296. The second kappa shape index (κ2) is 10.0. The normalized spacial score (nSPS) is 16.2. The van der Waals surface area contributed by atoms with Crippen molar-refractivity contribution in [3.63, 3.8) is 0 Å². The molecule has 2 aromatic carbocycles. The van der Waals surface area contributed by atoms with Crippen molar-refractivity contribution in [3.8, 4) is 0 Å². The van der Waals surface area contributed by atoms with Crippen LogP contribution in [0.5, 0.6) is 0 Å². The number of thioether (sulfide) groups is 2. The maximum atomic E-state index is 12.3. The fourth-order valence-corrected chi connectivity index (χ4v) is 5.10. The van der Waals surface area contributed by atoms with Crippen molar-refractivity contribution in [2.24, 2.45) is 0 Å². The van der Waals surface area contributed by atoms with Gasteiger partial charge in [0.1, 0.15) is 0 Å². The zero-order chi connectivity index (χ0) is 18.1. The number of rotatable bonds is 8. The molecule has 3 nitrogen and oxygen atoms in total. The molecule has 0 aliphatic carbocycles. The van der Waals surface area contributed by atoms with E-state index in [1.165, 1.54) is 9.79 Å². The largest absolute Gasteiger partial charge is 0.381 e. The zero-order valence-electron chi connectivity index (χ0n) is 14.9. The van der Waals surface area contributed by atoms with Gasteiger partial charge in [-0.05, 0) is 37.1 Å². The summed E-state index contributed by atoms with van der Waals surface area (Å²) in [5.41, 5.74) is 0. The Morgan fingerprint density at radius 1 is 0.962 bits per heavy atom. The number of carbonyl (C=O) groups is 1. The zero-order valence-corrected chi connectivity index (χ0v) is 16.5. The summed E-state index contributed by atoms with van der Waals surface area (Å²) in [5, 5.41) is 3.17. The number of carbonyl (C=O) groups excluding carboxylic acids is 1. The highest BCUT2D eigenvalue weighted by atomic mass is 32.2. The van der Waals surface area contributed by atoms with Crippen LogP contribution in [0.3, 0.4) is 0 Å².